The van der Waals surface area contributed by atoms with Crippen LogP contribution in [0.15, 0.2) is 53.5 Å². The Morgan fingerprint density at radius 3 is 2.35 bits per heavy atom. The summed E-state index contributed by atoms with van der Waals surface area (Å²) in [7, 11) is 5.32. The van der Waals surface area contributed by atoms with Crippen LogP contribution in [0.2, 0.25) is 5.02 Å². The van der Waals surface area contributed by atoms with Gasteiger partial charge >= 0.3 is 0 Å². The fourth-order valence-electron chi connectivity index (χ4n) is 9.08. The van der Waals surface area contributed by atoms with Crippen LogP contribution in [-0.2, 0) is 16.6 Å². The number of nitrogens with zero attached hydrogens (tertiary/aromatic N) is 4. The van der Waals surface area contributed by atoms with E-state index in [-0.39, 0.29) is 51.6 Å². The van der Waals surface area contributed by atoms with Crippen LogP contribution in [0.1, 0.15) is 103 Å². The van der Waals surface area contributed by atoms with Gasteiger partial charge in [0.1, 0.15) is 10.8 Å². The highest BCUT2D eigenvalue weighted by Gasteiger charge is 2.40. The molecule has 52 heavy (non-hydrogen) atoms. The van der Waals surface area contributed by atoms with E-state index in [1.54, 1.807) is 20.4 Å². The molecule has 3 saturated heterocycles. The Hall–Kier alpha value is -4.22. The number of hydrogen-bond acceptors (Lipinski definition) is 8. The highest BCUT2D eigenvalue weighted by molar-refractivity contribution is 6.32. The predicted molar refractivity (Wildman–Crippen MR) is 200 cm³/mol. The van der Waals surface area contributed by atoms with Gasteiger partial charge < -0.3 is 19.9 Å². The molecule has 7 rings (SSSR count). The molecule has 3 atom stereocenters. The van der Waals surface area contributed by atoms with E-state index in [2.05, 4.69) is 51.9 Å². The molecule has 4 heterocycles. The number of anilines is 1. The van der Waals surface area contributed by atoms with Crippen LogP contribution in [0, 0.1) is 5.41 Å². The molecule has 1 spiro atoms. The van der Waals surface area contributed by atoms with E-state index >= 15 is 0 Å². The van der Waals surface area contributed by atoms with Crippen molar-refractivity contribution in [3.63, 3.8) is 0 Å². The maximum atomic E-state index is 13.6. The van der Waals surface area contributed by atoms with E-state index in [0.717, 1.165) is 88.0 Å². The minimum Gasteiger partial charge on any atom is -0.496 e. The molecule has 1 aliphatic carbocycles. The molecular formula is C40H49ClN6O5. The van der Waals surface area contributed by atoms with Gasteiger partial charge in [0.2, 0.25) is 11.8 Å². The molecule has 2 aromatic carbocycles. The average molecular weight is 729 g/mol. The maximum Gasteiger partial charge on any atom is 0.287 e. The van der Waals surface area contributed by atoms with E-state index < -0.39 is 0 Å². The number of amides is 3. The zero-order valence-electron chi connectivity index (χ0n) is 30.3. The lowest BCUT2D eigenvalue weighted by atomic mass is 9.64. The minimum atomic E-state index is -0.366. The maximum absolute atomic E-state index is 13.6. The first-order chi connectivity index (χ1) is 25.0. The predicted octanol–water partition coefficient (Wildman–Crippen LogP) is 5.44. The Balaban J connectivity index is 0.918. The zero-order chi connectivity index (χ0) is 36.6. The van der Waals surface area contributed by atoms with E-state index in [4.69, 9.17) is 16.3 Å². The first-order valence-corrected chi connectivity index (χ1v) is 19.0. The fourth-order valence-corrected chi connectivity index (χ4v) is 9.31. The minimum absolute atomic E-state index is 0.0978. The average Bonchev–Trinajstić information content (AvgIpc) is 3.15. The standard InChI is InChI=1S/C40H49ClN6O5/c1-45-23-29(20-30(24-45)43-33-22-42-46(2)39(51)36(33)41)25-4-6-27(7-5-25)38(50)47-18-16-40(17-19-47)14-12-26(13-15-40)28-8-9-31(34(21-28)52-3)32-10-11-35(48)44-37(32)49/h4-9,21-22,26,29-30,32,43H,10-20,23-24H2,1-3H3,(H,44,48,49). The van der Waals surface area contributed by atoms with Gasteiger partial charge in [-0.1, -0.05) is 35.9 Å². The van der Waals surface area contributed by atoms with Crippen LogP contribution in [0.4, 0.5) is 5.69 Å². The number of piperidine rings is 3. The molecule has 11 nitrogen and oxygen atoms in total. The molecule has 0 radical (unpaired) electrons. The molecule has 2 N–H and O–H groups in total. The number of nitrogens with one attached hydrogen (secondary N) is 2. The van der Waals surface area contributed by atoms with Gasteiger partial charge in [-0.25, -0.2) is 4.68 Å². The van der Waals surface area contributed by atoms with Gasteiger partial charge in [-0.2, -0.15) is 5.10 Å². The van der Waals surface area contributed by atoms with Gasteiger partial charge in [0.25, 0.3) is 11.5 Å². The Labute approximate surface area is 310 Å². The lowest BCUT2D eigenvalue weighted by Crippen LogP contribution is -2.44. The van der Waals surface area contributed by atoms with Crippen molar-refractivity contribution in [2.75, 3.05) is 45.7 Å². The summed E-state index contributed by atoms with van der Waals surface area (Å²) in [6.45, 7) is 3.29. The summed E-state index contributed by atoms with van der Waals surface area (Å²) in [5.74, 6) is 0.706. The molecule has 12 heteroatoms. The fraction of sp³-hybridized carbons (Fsp3) is 0.525. The Bertz CT molecular complexity index is 1880. The quantitative estimate of drug-likeness (QED) is 0.308. The molecular weight excluding hydrogens is 680 g/mol. The number of likely N-dealkylation sites (tertiary alicyclic amines) is 2. The van der Waals surface area contributed by atoms with Crippen molar-refractivity contribution in [2.24, 2.45) is 12.5 Å². The van der Waals surface area contributed by atoms with Crippen molar-refractivity contribution >= 4 is 35.0 Å². The molecule has 3 aromatic rings. The molecule has 3 unspecified atom stereocenters. The summed E-state index contributed by atoms with van der Waals surface area (Å²) < 4.78 is 6.97. The van der Waals surface area contributed by atoms with Crippen LogP contribution in [-0.4, -0.2) is 83.7 Å². The summed E-state index contributed by atoms with van der Waals surface area (Å²) in [5, 5.41) is 10.2. The number of ether oxygens (including phenoxy) is 1. The van der Waals surface area contributed by atoms with Crippen molar-refractivity contribution < 1.29 is 19.1 Å². The van der Waals surface area contributed by atoms with Gasteiger partial charge in [0, 0.05) is 56.8 Å². The number of aromatic nitrogens is 2. The second-order valence-electron chi connectivity index (χ2n) is 15.5. The molecule has 1 saturated carbocycles. The van der Waals surface area contributed by atoms with Crippen LogP contribution in [0.25, 0.3) is 0 Å². The molecule has 3 aliphatic heterocycles. The van der Waals surface area contributed by atoms with Crippen LogP contribution >= 0.6 is 11.6 Å². The van der Waals surface area contributed by atoms with Crippen LogP contribution in [0.5, 0.6) is 5.75 Å². The van der Waals surface area contributed by atoms with E-state index in [0.29, 0.717) is 24.4 Å². The smallest absolute Gasteiger partial charge is 0.287 e. The highest BCUT2D eigenvalue weighted by Crippen LogP contribution is 2.49. The molecule has 4 fully saturated rings. The third-order valence-electron chi connectivity index (χ3n) is 12.2. The van der Waals surface area contributed by atoms with Gasteiger partial charge in [0.05, 0.1) is 24.9 Å². The highest BCUT2D eigenvalue weighted by atomic mass is 35.5. The topological polar surface area (TPSA) is 126 Å². The summed E-state index contributed by atoms with van der Waals surface area (Å²) in [4.78, 5) is 54.4. The van der Waals surface area contributed by atoms with E-state index in [1.807, 2.05) is 23.1 Å². The Morgan fingerprint density at radius 2 is 1.65 bits per heavy atom. The number of methoxy groups -OCH3 is 1. The first kappa shape index (κ1) is 36.2. The summed E-state index contributed by atoms with van der Waals surface area (Å²) in [5.41, 5.74) is 4.53. The van der Waals surface area contributed by atoms with Gasteiger partial charge in [-0.05, 0) is 105 Å². The van der Waals surface area contributed by atoms with Gasteiger partial charge in [-0.15, -0.1) is 0 Å². The van der Waals surface area contributed by atoms with Crippen LogP contribution in [0.3, 0.4) is 0 Å². The largest absolute Gasteiger partial charge is 0.496 e. The van der Waals surface area contributed by atoms with Crippen molar-refractivity contribution in [1.29, 1.82) is 0 Å². The van der Waals surface area contributed by atoms with Crippen LogP contribution < -0.4 is 20.9 Å². The number of imide groups is 1. The summed E-state index contributed by atoms with van der Waals surface area (Å²) in [6.07, 6.45) is 9.84. The molecule has 276 valence electrons. The molecule has 0 bridgehead atoms. The van der Waals surface area contributed by atoms with Gasteiger partial charge in [0.15, 0.2) is 0 Å². The molecule has 3 amide bonds. The van der Waals surface area contributed by atoms with E-state index in [9.17, 15) is 19.2 Å². The first-order valence-electron chi connectivity index (χ1n) is 18.6. The number of halogens is 1. The number of hydrogen-bond donors (Lipinski definition) is 2. The second kappa shape index (κ2) is 15.0. The third kappa shape index (κ3) is 7.48. The third-order valence-corrected chi connectivity index (χ3v) is 12.6. The Morgan fingerprint density at radius 1 is 0.942 bits per heavy atom. The van der Waals surface area contributed by atoms with Gasteiger partial charge in [-0.3, -0.25) is 24.5 Å². The summed E-state index contributed by atoms with van der Waals surface area (Å²) >= 11 is 6.33. The van der Waals surface area contributed by atoms with E-state index in [1.165, 1.54) is 15.8 Å². The Kier molecular flexibility index (Phi) is 10.4. The zero-order valence-corrected chi connectivity index (χ0v) is 31.1. The lowest BCUT2D eigenvalue weighted by molar-refractivity contribution is -0.134. The molecule has 4 aliphatic rings. The number of rotatable bonds is 7. The number of carbonyl (C=O) groups is 3. The second-order valence-corrected chi connectivity index (χ2v) is 15.9. The summed E-state index contributed by atoms with van der Waals surface area (Å²) in [6, 6.07) is 14.5. The number of likely N-dealkylation sites (N-methyl/N-ethyl adjacent to an activating group) is 1. The van der Waals surface area contributed by atoms with Crippen molar-refractivity contribution in [3.8, 4) is 5.75 Å². The lowest BCUT2D eigenvalue weighted by Gasteiger charge is -2.46. The number of aryl methyl sites for hydroxylation is 1. The number of benzene rings is 2. The SMILES string of the molecule is COc1cc(C2CCC3(CC2)CCN(C(=O)c2ccc(C4CC(Nc5cnn(C)c(=O)c5Cl)CN(C)C4)cc2)CC3)ccc1C1CCC(=O)NC1=O. The van der Waals surface area contributed by atoms with Crippen molar-refractivity contribution in [1.82, 2.24) is 24.9 Å². The monoisotopic (exact) mass is 728 g/mol. The van der Waals surface area contributed by atoms with Crippen molar-refractivity contribution in [3.05, 3.63) is 86.3 Å². The molecule has 1 aromatic heterocycles. The van der Waals surface area contributed by atoms with Crippen molar-refractivity contribution in [2.45, 2.75) is 81.6 Å². The number of carbonyl (C=O) groups excluding carboxylic acids is 3. The normalized spacial score (nSPS) is 24.1.